The summed E-state index contributed by atoms with van der Waals surface area (Å²) in [5, 5.41) is 8.94. The average Bonchev–Trinajstić information content (AvgIpc) is 2.37. The Kier molecular flexibility index (Phi) is 6.55. The lowest BCUT2D eigenvalue weighted by Gasteiger charge is -2.21. The summed E-state index contributed by atoms with van der Waals surface area (Å²) in [6.45, 7) is 6.23. The Hall–Kier alpha value is -1.16. The molecule has 3 heteroatoms. The van der Waals surface area contributed by atoms with E-state index < -0.39 is 0 Å². The van der Waals surface area contributed by atoms with Gasteiger partial charge in [-0.15, -0.1) is 6.58 Å². The zero-order valence-electron chi connectivity index (χ0n) is 10.3. The Bertz CT molecular complexity index is 313. The van der Waals surface area contributed by atoms with Crippen LogP contribution in [-0.2, 0) is 0 Å². The highest BCUT2D eigenvalue weighted by atomic mass is 16.3. The number of hydrogen-bond acceptors (Lipinski definition) is 3. The molecule has 0 amide bonds. The van der Waals surface area contributed by atoms with Crippen LogP contribution in [-0.4, -0.2) is 36.2 Å². The molecule has 0 aromatic heterocycles. The van der Waals surface area contributed by atoms with E-state index in [-0.39, 0.29) is 12.6 Å². The number of nitrogens with two attached hydrogens (primary N) is 1. The van der Waals surface area contributed by atoms with Crippen molar-refractivity contribution in [1.29, 1.82) is 0 Å². The van der Waals surface area contributed by atoms with Gasteiger partial charge in [0, 0.05) is 25.7 Å². The van der Waals surface area contributed by atoms with E-state index in [0.29, 0.717) is 6.54 Å². The minimum Gasteiger partial charge on any atom is -0.395 e. The third kappa shape index (κ3) is 5.13. The van der Waals surface area contributed by atoms with Crippen molar-refractivity contribution in [2.75, 3.05) is 26.2 Å². The molecule has 0 saturated heterocycles. The van der Waals surface area contributed by atoms with Gasteiger partial charge in [0.25, 0.3) is 0 Å². The van der Waals surface area contributed by atoms with Crippen LogP contribution in [0, 0.1) is 0 Å². The fourth-order valence-corrected chi connectivity index (χ4v) is 1.81. The van der Waals surface area contributed by atoms with Crippen LogP contribution in [0.4, 0.5) is 0 Å². The minimum absolute atomic E-state index is 0.0576. The van der Waals surface area contributed by atoms with Crippen LogP contribution in [0.15, 0.2) is 43.0 Å². The van der Waals surface area contributed by atoms with Gasteiger partial charge in [0.15, 0.2) is 0 Å². The van der Waals surface area contributed by atoms with Crippen LogP contribution < -0.4 is 5.73 Å². The van der Waals surface area contributed by atoms with Crippen molar-refractivity contribution in [3.05, 3.63) is 48.6 Å². The van der Waals surface area contributed by atoms with E-state index in [9.17, 15) is 0 Å². The standard InChI is InChI=1S/C14H22N2O/c1-2-9-16(11-12-17)10-8-14(15)13-6-4-3-5-7-13/h2-7,14,17H,1,8-12,15H2. The summed E-state index contributed by atoms with van der Waals surface area (Å²) in [6.07, 6.45) is 2.74. The molecule has 0 aliphatic heterocycles. The first-order chi connectivity index (χ1) is 8.27. The second-order valence-electron chi connectivity index (χ2n) is 4.12. The van der Waals surface area contributed by atoms with E-state index in [1.165, 1.54) is 0 Å². The fourth-order valence-electron chi connectivity index (χ4n) is 1.81. The molecule has 1 rings (SSSR count). The van der Waals surface area contributed by atoms with Crippen LogP contribution >= 0.6 is 0 Å². The molecule has 0 heterocycles. The monoisotopic (exact) mass is 234 g/mol. The van der Waals surface area contributed by atoms with Crippen molar-refractivity contribution in [3.8, 4) is 0 Å². The molecule has 1 atom stereocenters. The van der Waals surface area contributed by atoms with Gasteiger partial charge in [-0.1, -0.05) is 36.4 Å². The van der Waals surface area contributed by atoms with Crippen molar-refractivity contribution >= 4 is 0 Å². The van der Waals surface area contributed by atoms with Gasteiger partial charge >= 0.3 is 0 Å². The Morgan fingerprint density at radius 3 is 2.59 bits per heavy atom. The average molecular weight is 234 g/mol. The Morgan fingerprint density at radius 1 is 1.29 bits per heavy atom. The number of aliphatic hydroxyl groups excluding tert-OH is 1. The lowest BCUT2D eigenvalue weighted by Crippen LogP contribution is -2.30. The quantitative estimate of drug-likeness (QED) is 0.671. The molecule has 1 aromatic rings. The summed E-state index contributed by atoms with van der Waals surface area (Å²) in [5.74, 6) is 0. The smallest absolute Gasteiger partial charge is 0.0558 e. The predicted octanol–water partition coefficient (Wildman–Crippen LogP) is 1.56. The number of nitrogens with zero attached hydrogens (tertiary/aromatic N) is 1. The summed E-state index contributed by atoms with van der Waals surface area (Å²) >= 11 is 0. The van der Waals surface area contributed by atoms with Crippen LogP contribution in [0.5, 0.6) is 0 Å². The molecule has 1 aromatic carbocycles. The largest absolute Gasteiger partial charge is 0.395 e. The topological polar surface area (TPSA) is 49.5 Å². The lowest BCUT2D eigenvalue weighted by atomic mass is 10.0. The van der Waals surface area contributed by atoms with E-state index in [4.69, 9.17) is 10.8 Å². The van der Waals surface area contributed by atoms with E-state index in [0.717, 1.165) is 25.1 Å². The molecule has 0 spiro atoms. The summed E-state index contributed by atoms with van der Waals surface area (Å²) in [5.41, 5.74) is 7.28. The van der Waals surface area contributed by atoms with Crippen molar-refractivity contribution < 1.29 is 5.11 Å². The molecule has 0 aliphatic carbocycles. The highest BCUT2D eigenvalue weighted by molar-refractivity contribution is 5.18. The first-order valence-corrected chi connectivity index (χ1v) is 6.02. The summed E-state index contributed by atoms with van der Waals surface area (Å²) in [7, 11) is 0. The van der Waals surface area contributed by atoms with E-state index in [2.05, 4.69) is 23.6 Å². The normalized spacial score (nSPS) is 12.6. The molecule has 0 aliphatic rings. The maximum atomic E-state index is 8.94. The molecule has 0 fully saturated rings. The molecule has 3 N–H and O–H groups in total. The zero-order valence-corrected chi connectivity index (χ0v) is 10.3. The molecule has 0 bridgehead atoms. The van der Waals surface area contributed by atoms with E-state index >= 15 is 0 Å². The maximum Gasteiger partial charge on any atom is 0.0558 e. The fraction of sp³-hybridized carbons (Fsp3) is 0.429. The maximum absolute atomic E-state index is 8.94. The van der Waals surface area contributed by atoms with Crippen LogP contribution in [0.3, 0.4) is 0 Å². The zero-order chi connectivity index (χ0) is 12.5. The van der Waals surface area contributed by atoms with Crippen molar-refractivity contribution in [2.24, 2.45) is 5.73 Å². The Labute approximate surface area is 104 Å². The number of rotatable bonds is 8. The van der Waals surface area contributed by atoms with Gasteiger partial charge in [-0.05, 0) is 12.0 Å². The lowest BCUT2D eigenvalue weighted by molar-refractivity contribution is 0.204. The highest BCUT2D eigenvalue weighted by Gasteiger charge is 2.08. The van der Waals surface area contributed by atoms with Crippen LogP contribution in [0.25, 0.3) is 0 Å². The summed E-state index contributed by atoms with van der Waals surface area (Å²) < 4.78 is 0. The summed E-state index contributed by atoms with van der Waals surface area (Å²) in [6, 6.07) is 10.2. The molecule has 3 nitrogen and oxygen atoms in total. The molecule has 0 saturated carbocycles. The first kappa shape index (κ1) is 13.9. The first-order valence-electron chi connectivity index (χ1n) is 6.02. The van der Waals surface area contributed by atoms with E-state index in [1.807, 2.05) is 24.3 Å². The molecule has 1 unspecified atom stereocenters. The minimum atomic E-state index is 0.0576. The van der Waals surface area contributed by atoms with Gasteiger partial charge in [-0.3, -0.25) is 4.90 Å². The second-order valence-corrected chi connectivity index (χ2v) is 4.12. The molecule has 0 radical (unpaired) electrons. The van der Waals surface area contributed by atoms with Gasteiger partial charge in [-0.2, -0.15) is 0 Å². The third-order valence-corrected chi connectivity index (χ3v) is 2.79. The molecular formula is C14H22N2O. The SMILES string of the molecule is C=CCN(CCO)CCC(N)c1ccccc1. The van der Waals surface area contributed by atoms with Crippen LogP contribution in [0.2, 0.25) is 0 Å². The predicted molar refractivity (Wildman–Crippen MR) is 71.7 cm³/mol. The Morgan fingerprint density at radius 2 is 2.00 bits per heavy atom. The molecule has 17 heavy (non-hydrogen) atoms. The summed E-state index contributed by atoms with van der Waals surface area (Å²) in [4.78, 5) is 2.15. The number of benzene rings is 1. The van der Waals surface area contributed by atoms with Gasteiger partial charge in [0.05, 0.1) is 6.61 Å². The van der Waals surface area contributed by atoms with Crippen molar-refractivity contribution in [1.82, 2.24) is 4.90 Å². The van der Waals surface area contributed by atoms with Gasteiger partial charge in [0.1, 0.15) is 0 Å². The number of aliphatic hydroxyl groups is 1. The van der Waals surface area contributed by atoms with Crippen LogP contribution in [0.1, 0.15) is 18.0 Å². The van der Waals surface area contributed by atoms with Crippen molar-refractivity contribution in [3.63, 3.8) is 0 Å². The number of hydrogen-bond donors (Lipinski definition) is 2. The molecule has 94 valence electrons. The van der Waals surface area contributed by atoms with Gasteiger partial charge in [-0.25, -0.2) is 0 Å². The van der Waals surface area contributed by atoms with Crippen molar-refractivity contribution in [2.45, 2.75) is 12.5 Å². The Balaban J connectivity index is 2.40. The molecular weight excluding hydrogens is 212 g/mol. The third-order valence-electron chi connectivity index (χ3n) is 2.79. The van der Waals surface area contributed by atoms with Gasteiger partial charge < -0.3 is 10.8 Å². The highest BCUT2D eigenvalue weighted by Crippen LogP contribution is 2.13. The second kappa shape index (κ2) is 8.01. The van der Waals surface area contributed by atoms with Gasteiger partial charge in [0.2, 0.25) is 0 Å². The van der Waals surface area contributed by atoms with E-state index in [1.54, 1.807) is 0 Å².